The van der Waals surface area contributed by atoms with Gasteiger partial charge in [-0.1, -0.05) is 27.7 Å². The van der Waals surface area contributed by atoms with Gasteiger partial charge in [0.1, 0.15) is 6.54 Å². The van der Waals surface area contributed by atoms with Crippen LogP contribution >= 0.6 is 11.3 Å². The van der Waals surface area contributed by atoms with Crippen molar-refractivity contribution >= 4 is 28.5 Å². The van der Waals surface area contributed by atoms with Crippen LogP contribution in [0.3, 0.4) is 0 Å². The minimum Gasteiger partial charge on any atom is -0.480 e. The lowest BCUT2D eigenvalue weighted by atomic mass is 10.2. The fourth-order valence-electron chi connectivity index (χ4n) is 1.60. The van der Waals surface area contributed by atoms with Crippen molar-refractivity contribution < 1.29 is 14.7 Å². The summed E-state index contributed by atoms with van der Waals surface area (Å²) in [5, 5.41) is 13.9. The summed E-state index contributed by atoms with van der Waals surface area (Å²) in [6.45, 7) is 7.99. The van der Waals surface area contributed by atoms with Gasteiger partial charge in [-0.3, -0.25) is 10.1 Å². The molecule has 1 heterocycles. The number of hydrogen-bond acceptors (Lipinski definition) is 4. The van der Waals surface area contributed by atoms with E-state index in [1.165, 1.54) is 16.2 Å². The molecular formula is C13H21N3O3S. The first kappa shape index (κ1) is 16.4. The average Bonchev–Trinajstić information content (AvgIpc) is 2.75. The second kappa shape index (κ2) is 7.23. The number of carboxylic acid groups (broad SMARTS) is 1. The second-order valence-corrected chi connectivity index (χ2v) is 6.19. The summed E-state index contributed by atoms with van der Waals surface area (Å²) in [7, 11) is 0. The lowest BCUT2D eigenvalue weighted by molar-refractivity contribution is -0.137. The van der Waals surface area contributed by atoms with Crippen molar-refractivity contribution in [1.29, 1.82) is 0 Å². The molecule has 0 saturated heterocycles. The van der Waals surface area contributed by atoms with Gasteiger partial charge in [0.15, 0.2) is 5.13 Å². The highest BCUT2D eigenvalue weighted by Crippen LogP contribution is 2.21. The predicted molar refractivity (Wildman–Crippen MR) is 79.3 cm³/mol. The third kappa shape index (κ3) is 5.16. The zero-order valence-electron chi connectivity index (χ0n) is 12.2. The topological polar surface area (TPSA) is 82.5 Å². The molecule has 20 heavy (non-hydrogen) atoms. The molecule has 0 bridgehead atoms. The van der Waals surface area contributed by atoms with Gasteiger partial charge in [-0.25, -0.2) is 9.78 Å². The molecule has 2 N–H and O–H groups in total. The van der Waals surface area contributed by atoms with Crippen LogP contribution in [0.4, 0.5) is 9.93 Å². The normalized spacial score (nSPS) is 10.9. The van der Waals surface area contributed by atoms with E-state index in [-0.39, 0.29) is 12.5 Å². The maximum atomic E-state index is 12.1. The number of amides is 2. The van der Waals surface area contributed by atoms with Crippen LogP contribution in [0.1, 0.15) is 39.3 Å². The molecule has 7 heteroatoms. The van der Waals surface area contributed by atoms with Crippen molar-refractivity contribution in [3.63, 3.8) is 0 Å². The molecule has 1 rings (SSSR count). The van der Waals surface area contributed by atoms with Gasteiger partial charge in [-0.15, -0.1) is 11.3 Å². The first-order chi connectivity index (χ1) is 9.29. The van der Waals surface area contributed by atoms with E-state index in [9.17, 15) is 9.59 Å². The molecule has 0 saturated carbocycles. The van der Waals surface area contributed by atoms with Crippen LogP contribution in [-0.2, 0) is 4.79 Å². The smallest absolute Gasteiger partial charge is 0.324 e. The molecule has 1 aromatic rings. The van der Waals surface area contributed by atoms with E-state index in [2.05, 4.69) is 10.3 Å². The highest BCUT2D eigenvalue weighted by molar-refractivity contribution is 7.13. The first-order valence-electron chi connectivity index (χ1n) is 6.52. The number of aromatic nitrogens is 1. The Hall–Kier alpha value is -1.63. The van der Waals surface area contributed by atoms with Gasteiger partial charge in [0.05, 0.1) is 5.69 Å². The van der Waals surface area contributed by atoms with Crippen LogP contribution in [0.2, 0.25) is 0 Å². The Bertz CT molecular complexity index is 471. The molecule has 0 aromatic carbocycles. The summed E-state index contributed by atoms with van der Waals surface area (Å²) in [6, 6.07) is -0.425. The molecule has 2 amide bonds. The number of carbonyl (C=O) groups excluding carboxylic acids is 1. The number of rotatable bonds is 6. The van der Waals surface area contributed by atoms with Crippen molar-refractivity contribution in [2.75, 3.05) is 18.4 Å². The first-order valence-corrected chi connectivity index (χ1v) is 7.40. The number of hydrogen-bond donors (Lipinski definition) is 2. The Morgan fingerprint density at radius 1 is 1.40 bits per heavy atom. The van der Waals surface area contributed by atoms with Crippen molar-refractivity contribution in [3.05, 3.63) is 11.1 Å². The van der Waals surface area contributed by atoms with Gasteiger partial charge in [-0.2, -0.15) is 0 Å². The molecule has 0 aliphatic heterocycles. The fourth-order valence-corrected chi connectivity index (χ4v) is 2.46. The lowest BCUT2D eigenvalue weighted by Gasteiger charge is -2.22. The molecule has 0 fully saturated rings. The van der Waals surface area contributed by atoms with Crippen LogP contribution in [0.15, 0.2) is 5.38 Å². The minimum atomic E-state index is -1.03. The van der Waals surface area contributed by atoms with Crippen molar-refractivity contribution in [1.82, 2.24) is 9.88 Å². The molecule has 0 aliphatic carbocycles. The third-order valence-corrected chi connectivity index (χ3v) is 3.30. The number of carbonyl (C=O) groups is 2. The second-order valence-electron chi connectivity index (χ2n) is 5.33. The van der Waals surface area contributed by atoms with Crippen molar-refractivity contribution in [3.8, 4) is 0 Å². The van der Waals surface area contributed by atoms with Crippen LogP contribution < -0.4 is 5.32 Å². The number of nitrogens with one attached hydrogen (secondary N) is 1. The quantitative estimate of drug-likeness (QED) is 0.846. The van der Waals surface area contributed by atoms with Crippen molar-refractivity contribution in [2.24, 2.45) is 5.92 Å². The largest absolute Gasteiger partial charge is 0.480 e. The maximum Gasteiger partial charge on any atom is 0.324 e. The number of carboxylic acids is 1. The predicted octanol–water partition coefficient (Wildman–Crippen LogP) is 2.84. The Labute approximate surface area is 122 Å². The molecule has 1 aromatic heterocycles. The Morgan fingerprint density at radius 3 is 2.50 bits per heavy atom. The minimum absolute atomic E-state index is 0.197. The summed E-state index contributed by atoms with van der Waals surface area (Å²) >= 11 is 1.34. The number of thiazole rings is 1. The van der Waals surface area contributed by atoms with E-state index in [1.807, 2.05) is 33.1 Å². The fraction of sp³-hybridized carbons (Fsp3) is 0.615. The van der Waals surface area contributed by atoms with Crippen LogP contribution in [0, 0.1) is 5.92 Å². The standard InChI is InChI=1S/C13H21N3O3S/c1-8(2)5-16(6-11(17)18)13(19)15-12-14-10(7-20-12)9(3)4/h7-9H,5-6H2,1-4H3,(H,17,18)(H,14,15,19). The van der Waals surface area contributed by atoms with Gasteiger partial charge in [0, 0.05) is 11.9 Å². The van der Waals surface area contributed by atoms with Gasteiger partial charge in [0.25, 0.3) is 0 Å². The molecule has 0 atom stereocenters. The van der Waals surface area contributed by atoms with Crippen LogP contribution in [0.25, 0.3) is 0 Å². The van der Waals surface area contributed by atoms with Gasteiger partial charge < -0.3 is 10.0 Å². The third-order valence-electron chi connectivity index (χ3n) is 2.53. The number of nitrogens with zero attached hydrogens (tertiary/aromatic N) is 2. The zero-order valence-corrected chi connectivity index (χ0v) is 13.0. The summed E-state index contributed by atoms with van der Waals surface area (Å²) in [5.41, 5.74) is 0.916. The Balaban J connectivity index is 2.71. The summed E-state index contributed by atoms with van der Waals surface area (Å²) in [4.78, 5) is 28.5. The molecule has 6 nitrogen and oxygen atoms in total. The van der Waals surface area contributed by atoms with E-state index < -0.39 is 12.0 Å². The van der Waals surface area contributed by atoms with E-state index >= 15 is 0 Å². The average molecular weight is 299 g/mol. The summed E-state index contributed by atoms with van der Waals surface area (Å²) in [6.07, 6.45) is 0. The number of anilines is 1. The van der Waals surface area contributed by atoms with Gasteiger partial charge in [-0.05, 0) is 11.8 Å². The summed E-state index contributed by atoms with van der Waals surface area (Å²) < 4.78 is 0. The van der Waals surface area contributed by atoms with Crippen LogP contribution in [-0.4, -0.2) is 40.1 Å². The van der Waals surface area contributed by atoms with Crippen molar-refractivity contribution in [2.45, 2.75) is 33.6 Å². The Kier molecular flexibility index (Phi) is 5.94. The summed E-state index contributed by atoms with van der Waals surface area (Å²) in [5.74, 6) is -0.534. The van der Waals surface area contributed by atoms with E-state index in [1.54, 1.807) is 0 Å². The SMILES string of the molecule is CC(C)CN(CC(=O)O)C(=O)Nc1nc(C(C)C)cs1. The molecule has 0 radical (unpaired) electrons. The molecule has 0 spiro atoms. The monoisotopic (exact) mass is 299 g/mol. The lowest BCUT2D eigenvalue weighted by Crippen LogP contribution is -2.40. The van der Waals surface area contributed by atoms with Crippen LogP contribution in [0.5, 0.6) is 0 Å². The molecular weight excluding hydrogens is 278 g/mol. The van der Waals surface area contributed by atoms with E-state index in [0.29, 0.717) is 17.6 Å². The highest BCUT2D eigenvalue weighted by atomic mass is 32.1. The van der Waals surface area contributed by atoms with E-state index in [0.717, 1.165) is 5.69 Å². The van der Waals surface area contributed by atoms with Gasteiger partial charge in [0.2, 0.25) is 0 Å². The highest BCUT2D eigenvalue weighted by Gasteiger charge is 2.19. The molecule has 0 aliphatic rings. The number of urea groups is 1. The Morgan fingerprint density at radius 2 is 2.05 bits per heavy atom. The van der Waals surface area contributed by atoms with Gasteiger partial charge >= 0.3 is 12.0 Å². The zero-order chi connectivity index (χ0) is 15.3. The van der Waals surface area contributed by atoms with E-state index in [4.69, 9.17) is 5.11 Å². The molecule has 112 valence electrons. The maximum absolute atomic E-state index is 12.1. The molecule has 0 unspecified atom stereocenters. The number of aliphatic carboxylic acids is 1.